The number of halogens is 2. The molecule has 7 heteroatoms. The molecule has 0 saturated heterocycles. The first-order chi connectivity index (χ1) is 9.97. The normalized spacial score (nSPS) is 13.1. The highest BCUT2D eigenvalue weighted by Gasteiger charge is 2.19. The highest BCUT2D eigenvalue weighted by atomic mass is 35.5. The van der Waals surface area contributed by atoms with E-state index in [1.54, 1.807) is 0 Å². The van der Waals surface area contributed by atoms with E-state index < -0.39 is 8.03 Å². The van der Waals surface area contributed by atoms with E-state index in [2.05, 4.69) is 11.0 Å². The van der Waals surface area contributed by atoms with Crippen LogP contribution in [0.3, 0.4) is 0 Å². The van der Waals surface area contributed by atoms with Gasteiger partial charge in [0, 0.05) is 30.5 Å². The standard InChI is InChI=1S/C14H21Cl2N2O2P/c1-11-2-3-14(18(6-4-15)7-5-16)9-12(11)8-13(17)10-21(19)20/h2-3,9,13H,4-8,10,17H2,1H3/p+1/t13-/m0/s1. The molecule has 0 aliphatic carbocycles. The Balaban J connectivity index is 2.89. The number of hydrogen-bond donors (Lipinski definition) is 2. The van der Waals surface area contributed by atoms with Crippen molar-refractivity contribution in [2.45, 2.75) is 19.4 Å². The topological polar surface area (TPSA) is 66.6 Å². The molecule has 0 amide bonds. The summed E-state index contributed by atoms with van der Waals surface area (Å²) in [5, 5.41) is 0. The first-order valence-electron chi connectivity index (χ1n) is 6.83. The van der Waals surface area contributed by atoms with Crippen LogP contribution in [0.4, 0.5) is 5.69 Å². The van der Waals surface area contributed by atoms with Gasteiger partial charge in [0.2, 0.25) is 0 Å². The van der Waals surface area contributed by atoms with E-state index in [1.807, 2.05) is 19.1 Å². The number of rotatable bonds is 9. The lowest BCUT2D eigenvalue weighted by atomic mass is 10.0. The van der Waals surface area contributed by atoms with Crippen LogP contribution in [-0.2, 0) is 11.0 Å². The fourth-order valence-corrected chi connectivity index (χ4v) is 3.13. The Morgan fingerprint density at radius 1 is 1.33 bits per heavy atom. The quantitative estimate of drug-likeness (QED) is 0.530. The average Bonchev–Trinajstić information content (AvgIpc) is 2.40. The van der Waals surface area contributed by atoms with E-state index in [-0.39, 0.29) is 12.2 Å². The molecule has 0 radical (unpaired) electrons. The number of nitrogens with zero attached hydrogens (tertiary/aromatic N) is 1. The van der Waals surface area contributed by atoms with Gasteiger partial charge in [-0.1, -0.05) is 6.07 Å². The Morgan fingerprint density at radius 3 is 2.48 bits per heavy atom. The molecule has 1 aromatic carbocycles. The molecule has 0 spiro atoms. The van der Waals surface area contributed by atoms with Crippen molar-refractivity contribution in [2.24, 2.45) is 5.73 Å². The number of benzene rings is 1. The van der Waals surface area contributed by atoms with Crippen molar-refractivity contribution in [2.75, 3.05) is 35.9 Å². The zero-order valence-electron chi connectivity index (χ0n) is 12.1. The average molecular weight is 352 g/mol. The molecule has 0 bridgehead atoms. The third-order valence-electron chi connectivity index (χ3n) is 3.28. The first kappa shape index (κ1) is 18.7. The number of aryl methyl sites for hydroxylation is 1. The summed E-state index contributed by atoms with van der Waals surface area (Å²) >= 11 is 11.7. The van der Waals surface area contributed by atoms with Crippen LogP contribution < -0.4 is 10.6 Å². The lowest BCUT2D eigenvalue weighted by molar-refractivity contribution is 0.496. The van der Waals surface area contributed by atoms with E-state index in [1.165, 1.54) is 0 Å². The van der Waals surface area contributed by atoms with Crippen molar-refractivity contribution in [1.29, 1.82) is 0 Å². The van der Waals surface area contributed by atoms with Gasteiger partial charge >= 0.3 is 8.03 Å². The van der Waals surface area contributed by atoms with Crippen molar-refractivity contribution in [1.82, 2.24) is 0 Å². The molecule has 0 aliphatic rings. The molecule has 0 heterocycles. The van der Waals surface area contributed by atoms with E-state index in [4.69, 9.17) is 33.8 Å². The van der Waals surface area contributed by atoms with Crippen LogP contribution in [0, 0.1) is 6.92 Å². The summed E-state index contributed by atoms with van der Waals surface area (Å²) in [5.41, 5.74) is 9.19. The van der Waals surface area contributed by atoms with E-state index in [9.17, 15) is 4.57 Å². The van der Waals surface area contributed by atoms with Crippen LogP contribution in [0.2, 0.25) is 0 Å². The summed E-state index contributed by atoms with van der Waals surface area (Å²) in [5.74, 6) is 1.06. The van der Waals surface area contributed by atoms with Crippen molar-refractivity contribution < 1.29 is 9.46 Å². The molecule has 0 saturated carbocycles. The van der Waals surface area contributed by atoms with Crippen LogP contribution in [0.1, 0.15) is 11.1 Å². The van der Waals surface area contributed by atoms with Crippen LogP contribution in [0.25, 0.3) is 0 Å². The Morgan fingerprint density at radius 2 is 1.95 bits per heavy atom. The van der Waals surface area contributed by atoms with Gasteiger partial charge in [0.15, 0.2) is 6.16 Å². The summed E-state index contributed by atoms with van der Waals surface area (Å²) in [4.78, 5) is 11.1. The molecule has 2 atom stereocenters. The number of alkyl halides is 2. The van der Waals surface area contributed by atoms with Gasteiger partial charge in [0.25, 0.3) is 0 Å². The van der Waals surface area contributed by atoms with Crippen molar-refractivity contribution in [3.8, 4) is 0 Å². The molecule has 1 rings (SSSR count). The van der Waals surface area contributed by atoms with Crippen LogP contribution >= 0.6 is 31.2 Å². The van der Waals surface area contributed by atoms with Gasteiger partial charge in [-0.3, -0.25) is 0 Å². The minimum absolute atomic E-state index is 0.117. The third kappa shape index (κ3) is 6.50. The molecule has 1 aromatic rings. The highest BCUT2D eigenvalue weighted by molar-refractivity contribution is 7.38. The molecular formula is C14H22Cl2N2O2P+. The molecule has 0 aromatic heterocycles. The lowest BCUT2D eigenvalue weighted by Gasteiger charge is -2.24. The van der Waals surface area contributed by atoms with Crippen molar-refractivity contribution >= 4 is 36.9 Å². The predicted molar refractivity (Wildman–Crippen MR) is 91.2 cm³/mol. The SMILES string of the molecule is Cc1ccc(N(CCCl)CCCl)cc1C[C@H](N)C[P+](=O)O. The molecule has 21 heavy (non-hydrogen) atoms. The van der Waals surface area contributed by atoms with Gasteiger partial charge in [-0.15, -0.1) is 23.2 Å². The molecular weight excluding hydrogens is 330 g/mol. The molecule has 0 fully saturated rings. The van der Waals surface area contributed by atoms with Crippen molar-refractivity contribution in [3.05, 3.63) is 29.3 Å². The molecule has 4 nitrogen and oxygen atoms in total. The van der Waals surface area contributed by atoms with E-state index >= 15 is 0 Å². The lowest BCUT2D eigenvalue weighted by Crippen LogP contribution is -2.28. The smallest absolute Gasteiger partial charge is 0.369 e. The predicted octanol–water partition coefficient (Wildman–Crippen LogP) is 2.88. The summed E-state index contributed by atoms with van der Waals surface area (Å²) in [7, 11) is -2.20. The Labute approximate surface area is 137 Å². The van der Waals surface area contributed by atoms with Gasteiger partial charge in [0.05, 0.1) is 6.04 Å². The van der Waals surface area contributed by atoms with Gasteiger partial charge in [-0.2, -0.15) is 4.89 Å². The van der Waals surface area contributed by atoms with Crippen molar-refractivity contribution in [3.63, 3.8) is 0 Å². The van der Waals surface area contributed by atoms with Crippen LogP contribution in [0.5, 0.6) is 0 Å². The second-order valence-corrected chi connectivity index (χ2v) is 6.80. The fourth-order valence-electron chi connectivity index (χ4n) is 2.20. The zero-order valence-corrected chi connectivity index (χ0v) is 14.5. The Hall–Kier alpha value is -0.380. The monoisotopic (exact) mass is 351 g/mol. The summed E-state index contributed by atoms with van der Waals surface area (Å²) in [6, 6.07) is 5.82. The molecule has 1 unspecified atom stereocenters. The minimum Gasteiger partial charge on any atom is -0.369 e. The van der Waals surface area contributed by atoms with Gasteiger partial charge < -0.3 is 10.6 Å². The molecule has 118 valence electrons. The fraction of sp³-hybridized carbons (Fsp3) is 0.571. The largest absolute Gasteiger partial charge is 0.507 e. The minimum atomic E-state index is -2.20. The van der Waals surface area contributed by atoms with Gasteiger partial charge in [-0.25, -0.2) is 0 Å². The maximum absolute atomic E-state index is 10.9. The number of hydrogen-bond acceptors (Lipinski definition) is 3. The first-order valence-corrected chi connectivity index (χ1v) is 9.30. The van der Waals surface area contributed by atoms with Gasteiger partial charge in [-0.05, 0) is 41.2 Å². The van der Waals surface area contributed by atoms with Crippen LogP contribution in [-0.4, -0.2) is 41.9 Å². The maximum Gasteiger partial charge on any atom is 0.507 e. The second kappa shape index (κ2) is 9.60. The zero-order chi connectivity index (χ0) is 15.8. The summed E-state index contributed by atoms with van der Waals surface area (Å²) in [6.07, 6.45) is 0.697. The molecule has 0 aliphatic heterocycles. The van der Waals surface area contributed by atoms with E-state index in [0.717, 1.165) is 29.9 Å². The highest BCUT2D eigenvalue weighted by Crippen LogP contribution is 2.22. The maximum atomic E-state index is 10.9. The third-order valence-corrected chi connectivity index (χ3v) is 4.40. The Bertz CT molecular complexity index is 468. The number of nitrogens with two attached hydrogens (primary N) is 1. The summed E-state index contributed by atoms with van der Waals surface area (Å²) in [6.45, 7) is 3.47. The van der Waals surface area contributed by atoms with Crippen LogP contribution in [0.15, 0.2) is 18.2 Å². The Kier molecular flexibility index (Phi) is 8.53. The molecule has 3 N–H and O–H groups in total. The van der Waals surface area contributed by atoms with Gasteiger partial charge in [0.1, 0.15) is 0 Å². The summed E-state index contributed by atoms with van der Waals surface area (Å²) < 4.78 is 10.9. The number of anilines is 1. The van der Waals surface area contributed by atoms with E-state index in [0.29, 0.717) is 18.2 Å². The second-order valence-electron chi connectivity index (χ2n) is 4.97.